The summed E-state index contributed by atoms with van der Waals surface area (Å²) in [4.78, 5) is 0. The number of methoxy groups -OCH3 is 1. The third-order valence-electron chi connectivity index (χ3n) is 3.45. The van der Waals surface area contributed by atoms with Crippen LogP contribution in [0.15, 0.2) is 18.2 Å². The number of phenols is 1. The van der Waals surface area contributed by atoms with Gasteiger partial charge in [-0.3, -0.25) is 0 Å². The largest absolute Gasteiger partial charge is 0.573 e. The van der Waals surface area contributed by atoms with Crippen LogP contribution in [0.3, 0.4) is 0 Å². The van der Waals surface area contributed by atoms with Crippen LogP contribution in [-0.2, 0) is 11.2 Å². The monoisotopic (exact) mass is 412 g/mol. The number of hydrogen-bond acceptors (Lipinski definition) is 7. The van der Waals surface area contributed by atoms with Gasteiger partial charge in [0.25, 0.3) is 0 Å². The molecule has 1 heterocycles. The van der Waals surface area contributed by atoms with Gasteiger partial charge in [0.1, 0.15) is 28.8 Å². The molecule has 0 aliphatic heterocycles. The average Bonchev–Trinajstić information content (AvgIpc) is 2.62. The Hall–Kier alpha value is -3.06. The van der Waals surface area contributed by atoms with E-state index in [1.54, 1.807) is 0 Å². The highest BCUT2D eigenvalue weighted by atomic mass is 19.4. The minimum atomic E-state index is -4.88. The van der Waals surface area contributed by atoms with E-state index in [1.165, 1.54) is 19.6 Å². The van der Waals surface area contributed by atoms with E-state index in [4.69, 9.17) is 10.5 Å². The first kappa shape index (κ1) is 24.0. The van der Waals surface area contributed by atoms with Crippen LogP contribution in [0.25, 0.3) is 11.3 Å². The number of nitriles is 1. The van der Waals surface area contributed by atoms with Crippen LogP contribution in [0.4, 0.5) is 19.0 Å². The molecular formula is C19H23F3N4O3. The van der Waals surface area contributed by atoms with Gasteiger partial charge in [0.2, 0.25) is 0 Å². The molecule has 0 atom stereocenters. The van der Waals surface area contributed by atoms with Gasteiger partial charge in [-0.15, -0.1) is 23.4 Å². The molecule has 0 saturated heterocycles. The fourth-order valence-corrected chi connectivity index (χ4v) is 2.37. The first-order chi connectivity index (χ1) is 13.7. The number of nitrogen functional groups attached to an aromatic ring is 1. The quantitative estimate of drug-likeness (QED) is 0.684. The Morgan fingerprint density at radius 1 is 1.24 bits per heavy atom. The highest BCUT2D eigenvalue weighted by molar-refractivity contribution is 5.74. The predicted molar refractivity (Wildman–Crippen MR) is 101 cm³/mol. The van der Waals surface area contributed by atoms with Crippen molar-refractivity contribution in [3.05, 3.63) is 29.3 Å². The lowest BCUT2D eigenvalue weighted by Crippen LogP contribution is -2.17. The van der Waals surface area contributed by atoms with Crippen LogP contribution in [0.5, 0.6) is 11.5 Å². The number of hydrogen-bond donors (Lipinski definition) is 2. The van der Waals surface area contributed by atoms with Gasteiger partial charge in [0.05, 0.1) is 0 Å². The van der Waals surface area contributed by atoms with Gasteiger partial charge in [0, 0.05) is 30.9 Å². The Balaban J connectivity index is 0.00000132. The Kier molecular flexibility index (Phi) is 9.15. The second kappa shape index (κ2) is 11.1. The van der Waals surface area contributed by atoms with Crippen molar-refractivity contribution in [3.8, 4) is 28.8 Å². The number of aromatic hydroxyl groups is 1. The maximum absolute atomic E-state index is 12.3. The molecule has 1 aromatic carbocycles. The molecular weight excluding hydrogens is 389 g/mol. The van der Waals surface area contributed by atoms with Crippen LogP contribution in [-0.4, -0.2) is 35.4 Å². The molecule has 0 amide bonds. The minimum absolute atomic E-state index is 0.0693. The first-order valence-corrected chi connectivity index (χ1v) is 8.81. The fraction of sp³-hybridized carbons (Fsp3) is 0.421. The van der Waals surface area contributed by atoms with Crippen LogP contribution in [0, 0.1) is 11.3 Å². The number of halogens is 3. The molecule has 158 valence electrons. The number of nitrogens with two attached hydrogens (primary N) is 1. The Bertz CT molecular complexity index is 852. The zero-order valence-corrected chi connectivity index (χ0v) is 16.4. The third-order valence-corrected chi connectivity index (χ3v) is 3.45. The number of rotatable bonds is 6. The number of alkyl halides is 3. The summed E-state index contributed by atoms with van der Waals surface area (Å²) in [6.45, 7) is 4.66. The molecule has 29 heavy (non-hydrogen) atoms. The van der Waals surface area contributed by atoms with Crippen LogP contribution < -0.4 is 10.5 Å². The van der Waals surface area contributed by atoms with Gasteiger partial charge in [-0.05, 0) is 25.0 Å². The highest BCUT2D eigenvalue weighted by Crippen LogP contribution is 2.36. The van der Waals surface area contributed by atoms with Crippen molar-refractivity contribution in [3.63, 3.8) is 0 Å². The molecule has 3 N–H and O–H groups in total. The first-order valence-electron chi connectivity index (χ1n) is 8.81. The lowest BCUT2D eigenvalue weighted by Gasteiger charge is -2.14. The van der Waals surface area contributed by atoms with Crippen LogP contribution >= 0.6 is 0 Å². The molecule has 10 heteroatoms. The summed E-state index contributed by atoms with van der Waals surface area (Å²) in [5.41, 5.74) is 6.47. The average molecular weight is 412 g/mol. The van der Waals surface area contributed by atoms with E-state index in [2.05, 4.69) is 28.8 Å². The molecule has 1 aromatic heterocycles. The van der Waals surface area contributed by atoms with Crippen LogP contribution in [0.2, 0.25) is 0 Å². The van der Waals surface area contributed by atoms with Gasteiger partial charge in [-0.25, -0.2) is 0 Å². The van der Waals surface area contributed by atoms with Crippen LogP contribution in [0.1, 0.15) is 37.8 Å². The topological polar surface area (TPSA) is 114 Å². The lowest BCUT2D eigenvalue weighted by molar-refractivity contribution is -0.274. The van der Waals surface area contributed by atoms with Gasteiger partial charge in [0.15, 0.2) is 5.82 Å². The SMILES string of the molecule is CCC.COCCCc1c(-c2ccc(OC(F)(F)F)cc2O)nnc(N)c1C#N. The summed E-state index contributed by atoms with van der Waals surface area (Å²) in [7, 11) is 1.52. The molecule has 0 aliphatic carbocycles. The number of anilines is 1. The molecule has 0 radical (unpaired) electrons. The molecule has 0 unspecified atom stereocenters. The number of aromatic nitrogens is 2. The molecule has 0 spiro atoms. The number of nitrogens with zero attached hydrogens (tertiary/aromatic N) is 3. The molecule has 0 saturated carbocycles. The van der Waals surface area contributed by atoms with Crippen molar-refractivity contribution in [2.45, 2.75) is 39.5 Å². The standard InChI is InChI=1S/C16H15F3N4O3.C3H8/c1-25-6-2-3-10-12(8-20)15(21)23-22-14(10)11-5-4-9(7-13(11)24)26-16(17,18)19;1-3-2/h4-5,7,24H,2-3,6H2,1H3,(H2,21,23);3H2,1-2H3. The van der Waals surface area contributed by atoms with E-state index in [9.17, 15) is 23.5 Å². The van der Waals surface area contributed by atoms with Crippen molar-refractivity contribution >= 4 is 5.82 Å². The zero-order valence-electron chi connectivity index (χ0n) is 16.4. The minimum Gasteiger partial charge on any atom is -0.507 e. The van der Waals surface area contributed by atoms with Crippen molar-refractivity contribution in [1.29, 1.82) is 5.26 Å². The third kappa shape index (κ3) is 7.12. The summed E-state index contributed by atoms with van der Waals surface area (Å²) in [5, 5.41) is 27.0. The van der Waals surface area contributed by atoms with Crippen molar-refractivity contribution in [2.75, 3.05) is 19.5 Å². The summed E-state index contributed by atoms with van der Waals surface area (Å²) < 4.78 is 45.6. The Morgan fingerprint density at radius 2 is 1.90 bits per heavy atom. The Labute approximate surface area is 166 Å². The van der Waals surface area contributed by atoms with E-state index >= 15 is 0 Å². The lowest BCUT2D eigenvalue weighted by atomic mass is 9.97. The van der Waals surface area contributed by atoms with E-state index in [-0.39, 0.29) is 22.6 Å². The second-order valence-corrected chi connectivity index (χ2v) is 5.93. The Morgan fingerprint density at radius 3 is 2.41 bits per heavy atom. The highest BCUT2D eigenvalue weighted by Gasteiger charge is 2.31. The summed E-state index contributed by atoms with van der Waals surface area (Å²) in [6, 6.07) is 4.99. The smallest absolute Gasteiger partial charge is 0.507 e. The number of phenolic OH excluding ortho intramolecular Hbond substituents is 1. The van der Waals surface area contributed by atoms with Gasteiger partial charge in [-0.2, -0.15) is 5.26 Å². The second-order valence-electron chi connectivity index (χ2n) is 5.93. The molecule has 0 fully saturated rings. The summed E-state index contributed by atoms with van der Waals surface area (Å²) >= 11 is 0. The van der Waals surface area contributed by atoms with E-state index < -0.39 is 17.9 Å². The van der Waals surface area contributed by atoms with Crippen molar-refractivity contribution < 1.29 is 27.8 Å². The number of benzene rings is 1. The molecule has 7 nitrogen and oxygen atoms in total. The van der Waals surface area contributed by atoms with Crippen molar-refractivity contribution in [1.82, 2.24) is 10.2 Å². The molecule has 0 aliphatic rings. The number of ether oxygens (including phenoxy) is 2. The van der Waals surface area contributed by atoms with Gasteiger partial charge in [-0.1, -0.05) is 20.3 Å². The normalized spacial score (nSPS) is 10.7. The fourth-order valence-electron chi connectivity index (χ4n) is 2.37. The molecule has 2 aromatic rings. The van der Waals surface area contributed by atoms with E-state index in [0.29, 0.717) is 25.0 Å². The van der Waals surface area contributed by atoms with Crippen molar-refractivity contribution in [2.24, 2.45) is 0 Å². The maximum Gasteiger partial charge on any atom is 0.573 e. The molecule has 2 rings (SSSR count). The van der Waals surface area contributed by atoms with E-state index in [0.717, 1.165) is 12.1 Å². The summed E-state index contributed by atoms with van der Waals surface area (Å²) in [6.07, 6.45) is -2.74. The van der Waals surface area contributed by atoms with Gasteiger partial charge < -0.3 is 20.3 Å². The van der Waals surface area contributed by atoms with Gasteiger partial charge >= 0.3 is 6.36 Å². The predicted octanol–water partition coefficient (Wildman–Crippen LogP) is 4.20. The molecule has 0 bridgehead atoms. The zero-order chi connectivity index (χ0) is 22.0. The summed E-state index contributed by atoms with van der Waals surface area (Å²) in [5.74, 6) is -1.15. The maximum atomic E-state index is 12.3. The van der Waals surface area contributed by atoms with E-state index in [1.807, 2.05) is 6.07 Å².